The molecule has 2 aliphatic rings. The summed E-state index contributed by atoms with van der Waals surface area (Å²) in [5, 5.41) is 3.35. The van der Waals surface area contributed by atoms with Crippen LogP contribution in [0.5, 0.6) is 0 Å². The maximum Gasteiger partial charge on any atom is 0.238 e. The fourth-order valence-corrected chi connectivity index (χ4v) is 10.2. The molecule has 0 bridgehead atoms. The molecule has 318 valence electrons. The fourth-order valence-electron chi connectivity index (χ4n) is 10.2. The Labute approximate surface area is 382 Å². The van der Waals surface area contributed by atoms with E-state index < -0.39 is 0 Å². The van der Waals surface area contributed by atoms with Crippen LogP contribution in [0.2, 0.25) is 0 Å². The molecule has 2 aromatic heterocycles. The largest absolute Gasteiger partial charge is 0.338 e. The van der Waals surface area contributed by atoms with E-state index in [1.165, 1.54) is 27.7 Å². The van der Waals surface area contributed by atoms with Gasteiger partial charge >= 0.3 is 0 Å². The van der Waals surface area contributed by atoms with Gasteiger partial charge in [-0.2, -0.15) is 9.97 Å². The number of benzene rings is 6. The van der Waals surface area contributed by atoms with Crippen LogP contribution in [0.3, 0.4) is 0 Å². The summed E-state index contributed by atoms with van der Waals surface area (Å²) in [7, 11) is 0. The molecular formula is C60H53N5. The number of aromatic nitrogens is 4. The van der Waals surface area contributed by atoms with Crippen LogP contribution >= 0.6 is 0 Å². The second-order valence-corrected chi connectivity index (χ2v) is 17.7. The lowest BCUT2D eigenvalue weighted by molar-refractivity contribution is 0.317. The van der Waals surface area contributed by atoms with Gasteiger partial charge in [-0.1, -0.05) is 191 Å². The van der Waals surface area contributed by atoms with Crippen molar-refractivity contribution in [1.29, 1.82) is 0 Å². The minimum absolute atomic E-state index is 0.125. The molecule has 2 atom stereocenters. The van der Waals surface area contributed by atoms with Crippen molar-refractivity contribution in [3.05, 3.63) is 217 Å². The Balaban J connectivity index is 1.21. The summed E-state index contributed by atoms with van der Waals surface area (Å²) in [5.41, 5.74) is 13.3. The Bertz CT molecular complexity index is 3280. The van der Waals surface area contributed by atoms with Crippen LogP contribution in [-0.4, -0.2) is 25.6 Å². The SMILES string of the molecule is C=C/C=C\[C@H]1C(C)N(c2ccccc2)c2cc(-c3ccc4c(=C5\CCC=CC5=C)/c(=C\C)n(-c5nc(-c6ccccc6)nc(-c6ccc(-c7ccccc7)cc6)n5)c4c3)ccc2C1(C)C. The molecule has 1 aliphatic carbocycles. The topological polar surface area (TPSA) is 46.8 Å². The molecule has 5 nitrogen and oxygen atoms in total. The molecule has 0 fully saturated rings. The maximum atomic E-state index is 5.35. The minimum Gasteiger partial charge on any atom is -0.338 e. The van der Waals surface area contributed by atoms with E-state index in [0.29, 0.717) is 17.6 Å². The van der Waals surface area contributed by atoms with E-state index in [1.807, 2.05) is 30.3 Å². The van der Waals surface area contributed by atoms with Crippen LogP contribution in [0.15, 0.2) is 201 Å². The second kappa shape index (κ2) is 17.2. The summed E-state index contributed by atoms with van der Waals surface area (Å²) >= 11 is 0. The first-order chi connectivity index (χ1) is 31.7. The van der Waals surface area contributed by atoms with E-state index in [9.17, 15) is 0 Å². The van der Waals surface area contributed by atoms with Gasteiger partial charge in [0.25, 0.3) is 0 Å². The van der Waals surface area contributed by atoms with Gasteiger partial charge in [0.2, 0.25) is 5.95 Å². The first-order valence-corrected chi connectivity index (χ1v) is 22.7. The van der Waals surface area contributed by atoms with Crippen molar-refractivity contribution in [3.8, 4) is 51.0 Å². The average Bonchev–Trinajstić information content (AvgIpc) is 3.68. The highest BCUT2D eigenvalue weighted by Crippen LogP contribution is 2.50. The van der Waals surface area contributed by atoms with Gasteiger partial charge in [0.1, 0.15) is 0 Å². The lowest BCUT2D eigenvalue weighted by atomic mass is 9.66. The van der Waals surface area contributed by atoms with Gasteiger partial charge in [0.05, 0.1) is 10.9 Å². The zero-order valence-electron chi connectivity index (χ0n) is 37.6. The lowest BCUT2D eigenvalue weighted by Gasteiger charge is -2.50. The molecule has 0 saturated carbocycles. The summed E-state index contributed by atoms with van der Waals surface area (Å²) in [5.74, 6) is 2.05. The molecule has 5 heteroatoms. The number of hydrogen-bond donors (Lipinski definition) is 0. The van der Waals surface area contributed by atoms with Gasteiger partial charge < -0.3 is 4.90 Å². The van der Waals surface area contributed by atoms with E-state index >= 15 is 0 Å². The van der Waals surface area contributed by atoms with E-state index in [0.717, 1.165) is 68.0 Å². The van der Waals surface area contributed by atoms with Crippen LogP contribution in [0, 0.1) is 5.92 Å². The predicted octanol–water partition coefficient (Wildman–Crippen LogP) is 13.5. The van der Waals surface area contributed by atoms with Crippen LogP contribution in [0.4, 0.5) is 11.4 Å². The Hall–Kier alpha value is -7.63. The number of para-hydroxylation sites is 1. The highest BCUT2D eigenvalue weighted by atomic mass is 15.2. The summed E-state index contributed by atoms with van der Waals surface area (Å²) in [6, 6.07) is 54.1. The van der Waals surface area contributed by atoms with E-state index in [2.05, 4.69) is 208 Å². The van der Waals surface area contributed by atoms with Crippen molar-refractivity contribution in [2.24, 2.45) is 5.92 Å². The van der Waals surface area contributed by atoms with E-state index in [1.54, 1.807) is 0 Å². The molecule has 0 N–H and O–H groups in total. The van der Waals surface area contributed by atoms with Gasteiger partial charge in [-0.15, -0.1) is 0 Å². The van der Waals surface area contributed by atoms with Crippen molar-refractivity contribution in [2.75, 3.05) is 4.90 Å². The van der Waals surface area contributed by atoms with E-state index in [-0.39, 0.29) is 17.4 Å². The lowest BCUT2D eigenvalue weighted by Crippen LogP contribution is -2.48. The first-order valence-electron chi connectivity index (χ1n) is 22.7. The molecule has 6 aromatic carbocycles. The van der Waals surface area contributed by atoms with E-state index in [4.69, 9.17) is 15.0 Å². The monoisotopic (exact) mass is 843 g/mol. The highest BCUT2D eigenvalue weighted by Gasteiger charge is 2.43. The Morgan fingerprint density at radius 3 is 1.92 bits per heavy atom. The standard InChI is InChI=1S/C60H53N5/c1-7-9-29-51-41(4)64(48-26-17-12-18-27-48)55-39-47(35-37-52(55)60(51,5)6)46-34-36-50-54(38-46)65(53(8-2)56(50)49-28-20-19-21-40(49)3)59-62-57(44-24-15-11-16-25-44)61-58(63-59)45-32-30-43(31-33-45)42-22-13-10-14-23-42/h7-19,21-27,29-39,41,51H,1,3,20,28H2,2,4-6H3/b29-9-,53-8+,56-49-/t41?,51-/m0/s1. The van der Waals surface area contributed by atoms with Gasteiger partial charge in [-0.25, -0.2) is 4.98 Å². The molecule has 1 unspecified atom stereocenters. The second-order valence-electron chi connectivity index (χ2n) is 17.7. The summed E-state index contributed by atoms with van der Waals surface area (Å²) < 4.78 is 2.25. The Morgan fingerprint density at radius 1 is 0.677 bits per heavy atom. The smallest absolute Gasteiger partial charge is 0.238 e. The summed E-state index contributed by atoms with van der Waals surface area (Å²) in [6.45, 7) is 17.8. The van der Waals surface area contributed by atoms with Crippen molar-refractivity contribution >= 4 is 33.9 Å². The number of hydrogen-bond acceptors (Lipinski definition) is 4. The zero-order chi connectivity index (χ0) is 44.7. The first kappa shape index (κ1) is 41.4. The normalized spacial score (nSPS) is 18.1. The summed E-state index contributed by atoms with van der Waals surface area (Å²) in [4.78, 5) is 18.3. The molecule has 0 radical (unpaired) electrons. The van der Waals surface area contributed by atoms with Crippen molar-refractivity contribution in [2.45, 2.75) is 52.0 Å². The van der Waals surface area contributed by atoms with Crippen molar-refractivity contribution in [3.63, 3.8) is 0 Å². The van der Waals surface area contributed by atoms with Crippen LogP contribution in [0.25, 0.3) is 73.5 Å². The average molecular weight is 844 g/mol. The molecule has 8 aromatic rings. The van der Waals surface area contributed by atoms with Gasteiger partial charge in [-0.05, 0) is 95.3 Å². The zero-order valence-corrected chi connectivity index (χ0v) is 37.6. The van der Waals surface area contributed by atoms with Crippen LogP contribution in [0.1, 0.15) is 46.1 Å². The number of fused-ring (bicyclic) bond motifs is 2. The third-order valence-corrected chi connectivity index (χ3v) is 13.5. The van der Waals surface area contributed by atoms with Crippen molar-refractivity contribution < 1.29 is 0 Å². The molecule has 1 aliphatic heterocycles. The quantitative estimate of drug-likeness (QED) is 0.143. The molecule has 0 amide bonds. The minimum atomic E-state index is -0.125. The fraction of sp³-hybridized carbons (Fsp3) is 0.150. The number of rotatable bonds is 8. The summed E-state index contributed by atoms with van der Waals surface area (Å²) in [6.07, 6.45) is 14.8. The molecule has 3 heterocycles. The predicted molar refractivity (Wildman–Crippen MR) is 273 cm³/mol. The molecular weight excluding hydrogens is 791 g/mol. The Morgan fingerprint density at radius 2 is 1.26 bits per heavy atom. The molecule has 0 saturated heterocycles. The van der Waals surface area contributed by atoms with Crippen LogP contribution < -0.4 is 15.5 Å². The molecule has 10 rings (SSSR count). The van der Waals surface area contributed by atoms with Crippen LogP contribution in [-0.2, 0) is 5.41 Å². The molecule has 0 spiro atoms. The third kappa shape index (κ3) is 7.47. The van der Waals surface area contributed by atoms with Crippen molar-refractivity contribution in [1.82, 2.24) is 19.5 Å². The Kier molecular flexibility index (Phi) is 10.9. The number of anilines is 2. The maximum absolute atomic E-state index is 5.35. The third-order valence-electron chi connectivity index (χ3n) is 13.5. The van der Waals surface area contributed by atoms with Gasteiger partial charge in [0, 0.05) is 45.1 Å². The van der Waals surface area contributed by atoms with Gasteiger partial charge in [-0.3, -0.25) is 4.57 Å². The number of allylic oxidation sites excluding steroid dienone is 5. The molecule has 65 heavy (non-hydrogen) atoms. The van der Waals surface area contributed by atoms with Gasteiger partial charge in [0.15, 0.2) is 11.6 Å². The number of nitrogens with zero attached hydrogens (tertiary/aromatic N) is 5. The highest BCUT2D eigenvalue weighted by molar-refractivity contribution is 5.92.